The fourth-order valence-corrected chi connectivity index (χ4v) is 5.41. The lowest BCUT2D eigenvalue weighted by Gasteiger charge is -2.58. The van der Waals surface area contributed by atoms with E-state index in [2.05, 4.69) is 5.32 Å². The van der Waals surface area contributed by atoms with Gasteiger partial charge in [0.2, 0.25) is 5.91 Å². The molecule has 4 saturated carbocycles. The number of aliphatic hydroxyl groups is 1. The van der Waals surface area contributed by atoms with E-state index in [1.807, 2.05) is 0 Å². The van der Waals surface area contributed by atoms with Crippen molar-refractivity contribution in [1.82, 2.24) is 5.32 Å². The largest absolute Gasteiger partial charge is 0.480 e. The third-order valence-corrected chi connectivity index (χ3v) is 6.80. The summed E-state index contributed by atoms with van der Waals surface area (Å²) in [5.41, 5.74) is -1.10. The molecule has 0 bridgehead atoms. The third kappa shape index (κ3) is 1.67. The summed E-state index contributed by atoms with van der Waals surface area (Å²) in [7, 11) is 0. The number of carboxylic acid groups (broad SMARTS) is 1. The van der Waals surface area contributed by atoms with E-state index in [4.69, 9.17) is 0 Å². The molecule has 0 unspecified atom stereocenters. The number of hydrogen-bond donors (Lipinski definition) is 3. The molecule has 4 aliphatic carbocycles. The van der Waals surface area contributed by atoms with Crippen molar-refractivity contribution in [2.24, 2.45) is 22.7 Å². The molecule has 1 amide bonds. The highest BCUT2D eigenvalue weighted by Crippen LogP contribution is 2.64. The van der Waals surface area contributed by atoms with E-state index in [0.29, 0.717) is 24.7 Å². The number of carbonyl (C=O) groups excluding carboxylic acids is 1. The minimum Gasteiger partial charge on any atom is -0.480 e. The highest BCUT2D eigenvalue weighted by Gasteiger charge is 2.66. The first-order chi connectivity index (χ1) is 9.97. The predicted octanol–water partition coefficient (Wildman–Crippen LogP) is 1.30. The monoisotopic (exact) mass is 293 g/mol. The second-order valence-corrected chi connectivity index (χ2v) is 7.84. The lowest BCUT2D eigenvalue weighted by atomic mass is 9.45. The first kappa shape index (κ1) is 13.6. The van der Waals surface area contributed by atoms with Crippen molar-refractivity contribution in [3.8, 4) is 0 Å². The highest BCUT2D eigenvalue weighted by molar-refractivity contribution is 6.03. The topological polar surface area (TPSA) is 86.6 Å². The van der Waals surface area contributed by atoms with Crippen LogP contribution in [-0.4, -0.2) is 34.2 Å². The number of carboxylic acids is 1. The van der Waals surface area contributed by atoms with Gasteiger partial charge in [0.15, 0.2) is 0 Å². The minimum absolute atomic E-state index is 0.129. The van der Waals surface area contributed by atoms with Gasteiger partial charge in [0.25, 0.3) is 0 Å². The molecule has 0 aromatic rings. The van der Waals surface area contributed by atoms with Gasteiger partial charge in [-0.05, 0) is 55.8 Å². The summed E-state index contributed by atoms with van der Waals surface area (Å²) in [4.78, 5) is 24.2. The van der Waals surface area contributed by atoms with Crippen molar-refractivity contribution in [2.45, 2.75) is 63.5 Å². The average molecular weight is 293 g/mol. The number of amides is 1. The molecule has 0 heterocycles. The molecule has 5 heteroatoms. The molecule has 1 spiro atoms. The van der Waals surface area contributed by atoms with Gasteiger partial charge >= 0.3 is 5.97 Å². The van der Waals surface area contributed by atoms with Crippen LogP contribution >= 0.6 is 0 Å². The van der Waals surface area contributed by atoms with Gasteiger partial charge in [-0.3, -0.25) is 9.59 Å². The lowest BCUT2D eigenvalue weighted by Crippen LogP contribution is -2.67. The van der Waals surface area contributed by atoms with E-state index >= 15 is 0 Å². The smallest absolute Gasteiger partial charge is 0.319 e. The molecule has 5 nitrogen and oxygen atoms in total. The number of aliphatic carboxylic acids is 1. The van der Waals surface area contributed by atoms with Crippen LogP contribution in [0.15, 0.2) is 0 Å². The summed E-state index contributed by atoms with van der Waals surface area (Å²) in [6.45, 7) is 0. The van der Waals surface area contributed by atoms with Crippen molar-refractivity contribution in [3.63, 3.8) is 0 Å². The highest BCUT2D eigenvalue weighted by atomic mass is 16.4. The average Bonchev–Trinajstić information content (AvgIpc) is 2.77. The molecule has 116 valence electrons. The standard InChI is InChI=1S/C16H23NO4/c18-12-10-4-1-3-9(10)11(12)17-13(19)16(14(20)21)7-15(8-16)5-2-6-15/h9-12,18H,1-8H2,(H,17,19)(H,20,21)/t9-,10+,11-,12+/m1/s1. The molecule has 4 rings (SSSR count). The number of nitrogens with one attached hydrogen (secondary N) is 1. The fraction of sp³-hybridized carbons (Fsp3) is 0.875. The molecular weight excluding hydrogens is 270 g/mol. The van der Waals surface area contributed by atoms with Gasteiger partial charge in [0.1, 0.15) is 5.41 Å². The molecule has 0 aliphatic heterocycles. The Hall–Kier alpha value is -1.10. The molecule has 4 atom stereocenters. The van der Waals surface area contributed by atoms with Crippen molar-refractivity contribution < 1.29 is 19.8 Å². The maximum atomic E-state index is 12.6. The Balaban J connectivity index is 1.45. The van der Waals surface area contributed by atoms with E-state index in [-0.39, 0.29) is 17.4 Å². The number of rotatable bonds is 3. The number of fused-ring (bicyclic) bond motifs is 1. The first-order valence-electron chi connectivity index (χ1n) is 8.20. The van der Waals surface area contributed by atoms with Crippen LogP contribution in [0.4, 0.5) is 0 Å². The van der Waals surface area contributed by atoms with Gasteiger partial charge < -0.3 is 15.5 Å². The maximum Gasteiger partial charge on any atom is 0.319 e. The number of hydrogen-bond acceptors (Lipinski definition) is 3. The summed E-state index contributed by atoms with van der Waals surface area (Å²) in [5.74, 6) is -0.681. The van der Waals surface area contributed by atoms with Crippen LogP contribution in [-0.2, 0) is 9.59 Å². The summed E-state index contributed by atoms with van der Waals surface area (Å²) in [6.07, 6.45) is 6.94. The van der Waals surface area contributed by atoms with Gasteiger partial charge in [-0.1, -0.05) is 12.8 Å². The zero-order valence-corrected chi connectivity index (χ0v) is 12.2. The van der Waals surface area contributed by atoms with Crippen LogP contribution in [0.2, 0.25) is 0 Å². The van der Waals surface area contributed by atoms with Gasteiger partial charge in [-0.15, -0.1) is 0 Å². The molecule has 21 heavy (non-hydrogen) atoms. The molecule has 0 aromatic carbocycles. The van der Waals surface area contributed by atoms with Crippen LogP contribution in [0.5, 0.6) is 0 Å². The Kier molecular flexibility index (Phi) is 2.72. The Labute approximate surface area is 124 Å². The van der Waals surface area contributed by atoms with Crippen molar-refractivity contribution in [3.05, 3.63) is 0 Å². The Morgan fingerprint density at radius 2 is 1.71 bits per heavy atom. The van der Waals surface area contributed by atoms with Gasteiger partial charge in [0, 0.05) is 0 Å². The van der Waals surface area contributed by atoms with Gasteiger partial charge in [-0.25, -0.2) is 0 Å². The van der Waals surface area contributed by atoms with Crippen LogP contribution in [0.3, 0.4) is 0 Å². The molecule has 0 saturated heterocycles. The number of carbonyl (C=O) groups is 2. The summed E-state index contributed by atoms with van der Waals surface area (Å²) < 4.78 is 0. The Bertz CT molecular complexity index is 491. The Morgan fingerprint density at radius 1 is 1.05 bits per heavy atom. The molecule has 3 N–H and O–H groups in total. The zero-order chi connectivity index (χ0) is 14.8. The fourth-order valence-electron chi connectivity index (χ4n) is 5.41. The Morgan fingerprint density at radius 3 is 2.29 bits per heavy atom. The molecule has 0 aromatic heterocycles. The third-order valence-electron chi connectivity index (χ3n) is 6.80. The van der Waals surface area contributed by atoms with Crippen LogP contribution in [0, 0.1) is 22.7 Å². The summed E-state index contributed by atoms with van der Waals surface area (Å²) in [6, 6.07) is -0.223. The van der Waals surface area contributed by atoms with E-state index in [1.165, 1.54) is 0 Å². The maximum absolute atomic E-state index is 12.6. The zero-order valence-electron chi connectivity index (χ0n) is 12.2. The van der Waals surface area contributed by atoms with Crippen LogP contribution < -0.4 is 5.32 Å². The second-order valence-electron chi connectivity index (χ2n) is 7.84. The quantitative estimate of drug-likeness (QED) is 0.684. The second kappa shape index (κ2) is 4.22. The van der Waals surface area contributed by atoms with E-state index < -0.39 is 17.5 Å². The molecule has 0 radical (unpaired) electrons. The van der Waals surface area contributed by atoms with Crippen molar-refractivity contribution in [2.75, 3.05) is 0 Å². The van der Waals surface area contributed by atoms with Crippen molar-refractivity contribution in [1.29, 1.82) is 0 Å². The van der Waals surface area contributed by atoms with Crippen LogP contribution in [0.1, 0.15) is 51.4 Å². The van der Waals surface area contributed by atoms with Crippen LogP contribution in [0.25, 0.3) is 0 Å². The van der Waals surface area contributed by atoms with E-state index in [1.54, 1.807) is 0 Å². The van der Waals surface area contributed by atoms with Gasteiger partial charge in [0.05, 0.1) is 12.1 Å². The minimum atomic E-state index is -1.23. The molecular formula is C16H23NO4. The summed E-state index contributed by atoms with van der Waals surface area (Å²) >= 11 is 0. The van der Waals surface area contributed by atoms with Gasteiger partial charge in [-0.2, -0.15) is 0 Å². The predicted molar refractivity (Wildman–Crippen MR) is 74.4 cm³/mol. The van der Waals surface area contributed by atoms with E-state index in [0.717, 1.165) is 38.5 Å². The SMILES string of the molecule is O=C(O)C1(C(=O)N[C@H]2[C@@H](O)[C@H]3CCC[C@H]32)CC2(CCC2)C1. The summed E-state index contributed by atoms with van der Waals surface area (Å²) in [5, 5.41) is 22.5. The molecule has 4 fully saturated rings. The first-order valence-corrected chi connectivity index (χ1v) is 8.20. The normalized spacial score (nSPS) is 41.4. The lowest BCUT2D eigenvalue weighted by molar-refractivity contribution is -0.183. The molecule has 4 aliphatic rings. The van der Waals surface area contributed by atoms with E-state index in [9.17, 15) is 19.8 Å². The van der Waals surface area contributed by atoms with Crippen molar-refractivity contribution >= 4 is 11.9 Å². The number of aliphatic hydroxyl groups excluding tert-OH is 1.